The Bertz CT molecular complexity index is 3720. The number of allylic oxidation sites excluding steroid dienone is 1. The first-order chi connectivity index (χ1) is 59.5. The smallest absolute Gasteiger partial charge is 0.811 e. The monoisotopic (exact) mass is 2060 g/mol. The van der Waals surface area contributed by atoms with Gasteiger partial charge in [-0.25, -0.2) is 18.0 Å². The van der Waals surface area contributed by atoms with Gasteiger partial charge >= 0.3 is 122 Å². The van der Waals surface area contributed by atoms with E-state index in [1.165, 1.54) is 20.8 Å². The molecule has 47 heteroatoms. The zero-order chi connectivity index (χ0) is 106. The van der Waals surface area contributed by atoms with Crippen molar-refractivity contribution < 1.29 is 250 Å². The fourth-order valence-electron chi connectivity index (χ4n) is 8.01. The Balaban J connectivity index is -0.000000129. The molecule has 5 amide bonds. The molecule has 0 fully saturated rings. The quantitative estimate of drug-likeness (QED) is 0.00750. The molecule has 39 nitrogen and oxygen atoms in total. The van der Waals surface area contributed by atoms with E-state index in [0.29, 0.717) is 95.0 Å². The molecule has 0 aliphatic heterocycles. The van der Waals surface area contributed by atoms with Gasteiger partial charge in [0.25, 0.3) is 7.82 Å². The summed E-state index contributed by atoms with van der Waals surface area (Å²) in [6.45, 7) is 55.1. The number of hydrogen-bond acceptors (Lipinski definition) is 26. The van der Waals surface area contributed by atoms with Gasteiger partial charge in [-0.3, -0.25) is 56.8 Å². The number of carboxylic acids is 3. The summed E-state index contributed by atoms with van der Waals surface area (Å²) < 4.78 is 89.3. The number of nitrogens with one attached hydrogen (secondary N) is 4. The van der Waals surface area contributed by atoms with Gasteiger partial charge < -0.3 is 113 Å². The summed E-state index contributed by atoms with van der Waals surface area (Å²) >= 11 is 0. The van der Waals surface area contributed by atoms with Crippen LogP contribution < -0.4 is 135 Å². The predicted octanol–water partition coefficient (Wildman–Crippen LogP) is 0.470. The van der Waals surface area contributed by atoms with Gasteiger partial charge in [0.2, 0.25) is 29.5 Å². The Morgan fingerprint density at radius 3 is 1.02 bits per heavy atom. The molecule has 0 saturated heterocycles. The molecule has 0 saturated carbocycles. The molecule has 0 aliphatic carbocycles. The Kier molecular flexibility index (Phi) is 92.3. The molecule has 0 aromatic carbocycles. The fourth-order valence-corrected chi connectivity index (χ4v) is 10.6. The van der Waals surface area contributed by atoms with Crippen molar-refractivity contribution in [2.45, 2.75) is 318 Å². The van der Waals surface area contributed by atoms with Crippen molar-refractivity contribution in [3.8, 4) is 0 Å². The normalized spacial score (nSPS) is 13.1. The van der Waals surface area contributed by atoms with Crippen molar-refractivity contribution in [3.63, 3.8) is 0 Å². The van der Waals surface area contributed by atoms with Crippen LogP contribution >= 0.6 is 30.6 Å². The van der Waals surface area contributed by atoms with E-state index >= 15 is 0 Å². The number of unbranched alkanes of at least 4 members (excludes halogenated alkanes) is 1. The van der Waals surface area contributed by atoms with Crippen LogP contribution in [0.2, 0.25) is 0 Å². The number of esters is 1. The SMILES string of the molecule is C=C(CC(=O)CCCNC(=O)C(C)(C)CC)C(=O)O.C=C(CC(=O)CCCNC(=O)C(C)(C)CC)C(=O)[O-].CCC(C)(C)C(=O)NCCCC(=O)/C(C)=C(/C)C(=O)O.CCC(C)(C)C(=O)NCCC[N+](C)(C)CCCCS(=O)(=O)[O-].CCC(C)(C)C(=O)OCCOP(=O)([O-])OCC[N+](C)(C)C.CCC(C)C(N)=O.CCC(C)P(=O)(O)O.CCC(C)P(=O)(O)O.CCC(C)P(=O)([O-])[O-].[Na+].[Na+].[Na+]. The maximum Gasteiger partial charge on any atom is 1.00 e. The number of likely N-dealkylation sites (N-methyl/N-ethyl adjacent to an activating group) is 1. The molecule has 12 N–H and O–H groups in total. The van der Waals surface area contributed by atoms with E-state index in [9.17, 15) is 109 Å². The van der Waals surface area contributed by atoms with Crippen molar-refractivity contribution >= 4 is 111 Å². The molecular formula is C88H172N7Na3O32P4S. The standard InChI is InChI=1S/C15H32N2O4S.C15H25NO4.2C14H23NO4.C13H28NO6P.C5H11NO.3C4H11O3P.3Na/c1-6-15(2,3)14(18)16-10-9-12-17(4,5)11-7-8-13-22(19,20)21;1-6-15(4,5)14(20)16-9-7-8-12(17)10(2)11(3)13(18)19;2*1-5-14(3,4)13(19)15-8-6-7-11(16)9-10(2)12(17)18;1-7-13(2,3)12(15)18-10-11-20-21(16,17)19-9-8-14(4,5)6;1-3-4(2)5(6)7;3*1-3-4(2)8(5,6)7;;;/h6-13H2,1-5H3,(H-,16,18,19,20,21);6-9H2,1-5H3,(H,16,20)(H,18,19);2*2,5-9H2,1,3-4H3,(H,15,19)(H,17,18);7-11H2,1-6H3;4H,3H2,1-2H3,(H2,6,7);3*4H,3H2,1-2H3,(H2,5,6,7);;;/q;;;;;;;;;3*+1/p-3/b;11-10-;;;;;;;;;;. The number of aliphatic carboxylic acids is 3. The minimum atomic E-state index is -4.34. The molecule has 135 heavy (non-hydrogen) atoms. The number of carbonyl (C=O) groups is 12. The van der Waals surface area contributed by atoms with Crippen LogP contribution in [0.25, 0.3) is 0 Å². The third kappa shape index (κ3) is 91.8. The molecule has 0 heterocycles. The van der Waals surface area contributed by atoms with Gasteiger partial charge in [0.05, 0.1) is 87.8 Å². The zero-order valence-corrected chi connectivity index (χ0v) is 98.5. The molecule has 0 aliphatic rings. The van der Waals surface area contributed by atoms with E-state index < -0.39 is 97.3 Å². The van der Waals surface area contributed by atoms with Crippen LogP contribution in [0.3, 0.4) is 0 Å². The van der Waals surface area contributed by atoms with Crippen molar-refractivity contribution in [2.75, 3.05) is 107 Å². The van der Waals surface area contributed by atoms with Crippen molar-refractivity contribution in [1.82, 2.24) is 21.3 Å². The molecule has 0 aromatic rings. The van der Waals surface area contributed by atoms with E-state index in [4.69, 9.17) is 44.8 Å². The van der Waals surface area contributed by atoms with E-state index in [2.05, 4.69) is 53.0 Å². The fraction of sp³-hybridized carbons (Fsp3) is 0.795. The van der Waals surface area contributed by atoms with E-state index in [1.54, 1.807) is 48.5 Å². The number of ether oxygens (including phenoxy) is 1. The number of phosphoric acid groups is 1. The maximum absolute atomic E-state index is 11.9. The number of nitrogens with zero attached hydrogens (tertiary/aromatic N) is 2. The third-order valence-corrected chi connectivity index (χ3v) is 27.9. The van der Waals surface area contributed by atoms with Crippen LogP contribution in [-0.2, 0) is 99.7 Å². The Labute approximate surface area is 874 Å². The van der Waals surface area contributed by atoms with Gasteiger partial charge in [-0.05, 0) is 129 Å². The van der Waals surface area contributed by atoms with Gasteiger partial charge in [-0.2, -0.15) is 0 Å². The van der Waals surface area contributed by atoms with Crippen LogP contribution in [-0.4, -0.2) is 246 Å². The molecule has 0 rings (SSSR count). The number of Topliss-reactive ketones (excluding diaryl/α,β-unsaturated/α-hetero) is 3. The summed E-state index contributed by atoms with van der Waals surface area (Å²) in [5.74, 6) is -5.02. The average molecular weight is 2070 g/mol. The third-order valence-electron chi connectivity index (χ3n) is 21.6. The van der Waals surface area contributed by atoms with E-state index in [-0.39, 0.29) is 233 Å². The topological polar surface area (TPSA) is 646 Å². The molecule has 0 radical (unpaired) electrons. The number of hydrogen-bond donors (Lipinski definition) is 11. The van der Waals surface area contributed by atoms with Crippen LogP contribution in [0.5, 0.6) is 0 Å². The first-order valence-corrected chi connectivity index (χ1v) is 52.6. The molecule has 0 aromatic heterocycles. The van der Waals surface area contributed by atoms with Crippen LogP contribution in [0.1, 0.15) is 302 Å². The summed E-state index contributed by atoms with van der Waals surface area (Å²) in [5.41, 5.74) is 1.16. The number of nitrogens with two attached hydrogens (primary N) is 1. The molecule has 0 spiro atoms. The van der Waals surface area contributed by atoms with Crippen LogP contribution in [0.15, 0.2) is 35.5 Å². The average Bonchev–Trinajstić information content (AvgIpc) is 0.895. The van der Waals surface area contributed by atoms with E-state index in [0.717, 1.165) is 56.1 Å². The van der Waals surface area contributed by atoms with Crippen molar-refractivity contribution in [2.24, 2.45) is 38.7 Å². The number of quaternary nitrogens is 2. The number of carbonyl (C=O) groups excluding carboxylic acids is 10. The maximum atomic E-state index is 11.9. The largest absolute Gasteiger partial charge is 1.00 e. The Hall–Kier alpha value is -3.15. The van der Waals surface area contributed by atoms with Gasteiger partial charge in [0.1, 0.15) is 31.3 Å². The second-order valence-corrected chi connectivity index (χ2v) is 45.9. The Morgan fingerprint density at radius 1 is 0.452 bits per heavy atom. The summed E-state index contributed by atoms with van der Waals surface area (Å²) in [5, 5.41) is 39.1. The van der Waals surface area contributed by atoms with Crippen molar-refractivity contribution in [3.05, 3.63) is 35.5 Å². The van der Waals surface area contributed by atoms with E-state index in [1.807, 2.05) is 125 Å². The summed E-state index contributed by atoms with van der Waals surface area (Å²) in [6.07, 6.45) is 9.88. The first kappa shape index (κ1) is 157. The number of rotatable bonds is 55. The Morgan fingerprint density at radius 2 is 0.770 bits per heavy atom. The molecule has 0 bridgehead atoms. The van der Waals surface area contributed by atoms with Crippen LogP contribution in [0.4, 0.5) is 0 Å². The molecular weight excluding hydrogens is 1890 g/mol. The number of phosphoric ester groups is 1. The van der Waals surface area contributed by atoms with Gasteiger partial charge in [0, 0.05) is 115 Å². The number of ketones is 3. The summed E-state index contributed by atoms with van der Waals surface area (Å²) in [4.78, 5) is 200. The first-order valence-electron chi connectivity index (χ1n) is 44.6. The number of amides is 5. The number of carboxylic acid groups (broad SMARTS) is 3. The van der Waals surface area contributed by atoms with Crippen LogP contribution in [0, 0.1) is 33.0 Å². The number of primary amides is 1. The summed E-state index contributed by atoms with van der Waals surface area (Å²) in [6, 6.07) is 0. The minimum absolute atomic E-state index is 0. The second kappa shape index (κ2) is 79.3. The minimum Gasteiger partial charge on any atom is -0.811 e. The van der Waals surface area contributed by atoms with Crippen molar-refractivity contribution in [1.29, 1.82) is 0 Å². The molecule has 5 unspecified atom stereocenters. The van der Waals surface area contributed by atoms with Gasteiger partial charge in [-0.1, -0.05) is 166 Å². The zero-order valence-electron chi connectivity index (χ0n) is 88.1. The molecule has 5 atom stereocenters. The summed E-state index contributed by atoms with van der Waals surface area (Å²) in [7, 11) is -10.3. The van der Waals surface area contributed by atoms with Gasteiger partial charge in [-0.15, -0.1) is 0 Å². The second-order valence-electron chi connectivity index (χ2n) is 36.9. The predicted molar refractivity (Wildman–Crippen MR) is 505 cm³/mol. The molecule has 780 valence electrons. The van der Waals surface area contributed by atoms with Gasteiger partial charge in [0.15, 0.2) is 5.78 Å².